The maximum Gasteiger partial charge on any atom is 0.401 e. The number of halogens is 5. The first kappa shape index (κ1) is 23.0. The number of rotatable bonds is 6. The molecule has 1 unspecified atom stereocenters. The van der Waals surface area contributed by atoms with E-state index in [0.717, 1.165) is 6.42 Å². The van der Waals surface area contributed by atoms with Crippen molar-refractivity contribution in [2.75, 3.05) is 39.3 Å². The first-order chi connectivity index (χ1) is 8.85. The fourth-order valence-electron chi connectivity index (χ4n) is 2.41. The van der Waals surface area contributed by atoms with E-state index in [1.54, 1.807) is 11.8 Å². The summed E-state index contributed by atoms with van der Waals surface area (Å²) in [5.41, 5.74) is 5.32. The standard InChI is InChI=1S/C12H22F3N3O.2ClH/c1-2-17(9-12(13,14)15)7-10-4-6-18(8-10)11(19)3-5-16;;/h10H,2-9,16H2,1H3;2*1H. The molecule has 0 spiro atoms. The van der Waals surface area contributed by atoms with E-state index < -0.39 is 12.7 Å². The highest BCUT2D eigenvalue weighted by Crippen LogP contribution is 2.21. The second-order valence-corrected chi connectivity index (χ2v) is 4.98. The number of amides is 1. The van der Waals surface area contributed by atoms with E-state index in [0.29, 0.717) is 39.1 Å². The minimum Gasteiger partial charge on any atom is -0.342 e. The lowest BCUT2D eigenvalue weighted by atomic mass is 10.1. The molecule has 1 heterocycles. The molecule has 1 rings (SSSR count). The van der Waals surface area contributed by atoms with Crippen molar-refractivity contribution in [1.29, 1.82) is 0 Å². The van der Waals surface area contributed by atoms with Crippen molar-refractivity contribution >= 4 is 30.7 Å². The summed E-state index contributed by atoms with van der Waals surface area (Å²) in [6, 6.07) is 0. The van der Waals surface area contributed by atoms with Gasteiger partial charge in [-0.25, -0.2) is 0 Å². The monoisotopic (exact) mass is 353 g/mol. The topological polar surface area (TPSA) is 49.6 Å². The summed E-state index contributed by atoms with van der Waals surface area (Å²) in [4.78, 5) is 14.7. The molecule has 0 aromatic heterocycles. The van der Waals surface area contributed by atoms with Crippen LogP contribution < -0.4 is 5.73 Å². The lowest BCUT2D eigenvalue weighted by molar-refractivity contribution is -0.146. The molecule has 0 aliphatic carbocycles. The van der Waals surface area contributed by atoms with Crippen LogP contribution in [0.1, 0.15) is 19.8 Å². The molecule has 9 heteroatoms. The van der Waals surface area contributed by atoms with Crippen LogP contribution in [-0.2, 0) is 4.79 Å². The quantitative estimate of drug-likeness (QED) is 0.793. The Bertz CT molecular complexity index is 306. The van der Waals surface area contributed by atoms with E-state index in [2.05, 4.69) is 0 Å². The van der Waals surface area contributed by atoms with Gasteiger partial charge in [-0.15, -0.1) is 24.8 Å². The number of likely N-dealkylation sites (tertiary alicyclic amines) is 1. The molecule has 1 aliphatic rings. The van der Waals surface area contributed by atoms with Crippen LogP contribution in [0.25, 0.3) is 0 Å². The molecular formula is C12H24Cl2F3N3O. The Hall–Kier alpha value is -0.240. The Morgan fingerprint density at radius 1 is 1.38 bits per heavy atom. The van der Waals surface area contributed by atoms with Crippen molar-refractivity contribution in [2.45, 2.75) is 25.9 Å². The molecule has 1 fully saturated rings. The molecule has 1 saturated heterocycles. The first-order valence-corrected chi connectivity index (χ1v) is 6.62. The lowest BCUT2D eigenvalue weighted by Crippen LogP contribution is -2.38. The molecule has 4 nitrogen and oxygen atoms in total. The van der Waals surface area contributed by atoms with Gasteiger partial charge >= 0.3 is 6.18 Å². The highest BCUT2D eigenvalue weighted by molar-refractivity contribution is 5.85. The highest BCUT2D eigenvalue weighted by atomic mass is 35.5. The van der Waals surface area contributed by atoms with Gasteiger partial charge in [0.05, 0.1) is 6.54 Å². The second-order valence-electron chi connectivity index (χ2n) is 4.98. The maximum atomic E-state index is 12.4. The van der Waals surface area contributed by atoms with Crippen LogP contribution in [-0.4, -0.2) is 61.2 Å². The van der Waals surface area contributed by atoms with E-state index >= 15 is 0 Å². The number of carbonyl (C=O) groups excluding carboxylic acids is 1. The van der Waals surface area contributed by atoms with Gasteiger partial charge in [-0.2, -0.15) is 13.2 Å². The smallest absolute Gasteiger partial charge is 0.342 e. The third kappa shape index (κ3) is 8.70. The van der Waals surface area contributed by atoms with Crippen LogP contribution >= 0.6 is 24.8 Å². The van der Waals surface area contributed by atoms with Crippen LogP contribution in [0.3, 0.4) is 0 Å². The molecular weight excluding hydrogens is 330 g/mol. The minimum absolute atomic E-state index is 0. The van der Waals surface area contributed by atoms with Gasteiger partial charge in [-0.05, 0) is 18.9 Å². The third-order valence-electron chi connectivity index (χ3n) is 3.36. The van der Waals surface area contributed by atoms with Gasteiger partial charge in [-0.1, -0.05) is 6.92 Å². The molecule has 1 amide bonds. The van der Waals surface area contributed by atoms with E-state index in [9.17, 15) is 18.0 Å². The van der Waals surface area contributed by atoms with E-state index in [-0.39, 0.29) is 36.6 Å². The van der Waals surface area contributed by atoms with Crippen molar-refractivity contribution in [3.8, 4) is 0 Å². The molecule has 1 aliphatic heterocycles. The summed E-state index contributed by atoms with van der Waals surface area (Å²) in [7, 11) is 0. The van der Waals surface area contributed by atoms with Crippen LogP contribution in [0.5, 0.6) is 0 Å². The van der Waals surface area contributed by atoms with Gasteiger partial charge in [0.15, 0.2) is 0 Å². The van der Waals surface area contributed by atoms with Crippen molar-refractivity contribution in [3.63, 3.8) is 0 Å². The van der Waals surface area contributed by atoms with Crippen LogP contribution in [0.2, 0.25) is 0 Å². The fraction of sp³-hybridized carbons (Fsp3) is 0.917. The molecule has 128 valence electrons. The number of alkyl halides is 3. The number of nitrogens with two attached hydrogens (primary N) is 1. The number of hydrogen-bond donors (Lipinski definition) is 1. The Morgan fingerprint density at radius 3 is 2.48 bits per heavy atom. The van der Waals surface area contributed by atoms with Crippen LogP contribution in [0.4, 0.5) is 13.2 Å². The normalized spacial score (nSPS) is 18.4. The molecule has 2 N–H and O–H groups in total. The Kier molecular flexibility index (Phi) is 11.5. The zero-order chi connectivity index (χ0) is 14.5. The summed E-state index contributed by atoms with van der Waals surface area (Å²) < 4.78 is 37.1. The van der Waals surface area contributed by atoms with Crippen molar-refractivity contribution < 1.29 is 18.0 Å². The molecule has 0 aromatic rings. The summed E-state index contributed by atoms with van der Waals surface area (Å²) in [5.74, 6) is 0.132. The highest BCUT2D eigenvalue weighted by Gasteiger charge is 2.33. The molecule has 0 saturated carbocycles. The van der Waals surface area contributed by atoms with Crippen LogP contribution in [0, 0.1) is 5.92 Å². The third-order valence-corrected chi connectivity index (χ3v) is 3.36. The fourth-order valence-corrected chi connectivity index (χ4v) is 2.41. The minimum atomic E-state index is -4.16. The first-order valence-electron chi connectivity index (χ1n) is 6.62. The van der Waals surface area contributed by atoms with Gasteiger partial charge in [0.25, 0.3) is 0 Å². The van der Waals surface area contributed by atoms with Gasteiger partial charge in [-0.3, -0.25) is 9.69 Å². The Balaban J connectivity index is 0. The second kappa shape index (κ2) is 10.5. The summed E-state index contributed by atoms with van der Waals surface area (Å²) in [6.07, 6.45) is -3.08. The van der Waals surface area contributed by atoms with E-state index in [1.165, 1.54) is 4.90 Å². The average Bonchev–Trinajstić information content (AvgIpc) is 2.75. The SMILES string of the molecule is CCN(CC1CCN(C(=O)CCN)C1)CC(F)(F)F.Cl.Cl. The lowest BCUT2D eigenvalue weighted by Gasteiger charge is -2.25. The predicted octanol–water partition coefficient (Wildman–Crippen LogP) is 1.91. The summed E-state index contributed by atoms with van der Waals surface area (Å²) in [5, 5.41) is 0. The Morgan fingerprint density at radius 2 is 2.00 bits per heavy atom. The molecule has 0 radical (unpaired) electrons. The average molecular weight is 354 g/mol. The number of hydrogen-bond acceptors (Lipinski definition) is 3. The molecule has 0 bridgehead atoms. The van der Waals surface area contributed by atoms with Gasteiger partial charge in [0, 0.05) is 32.6 Å². The van der Waals surface area contributed by atoms with Gasteiger partial charge in [0.2, 0.25) is 5.91 Å². The molecule has 1 atom stereocenters. The van der Waals surface area contributed by atoms with Crippen molar-refractivity contribution in [1.82, 2.24) is 9.80 Å². The van der Waals surface area contributed by atoms with Crippen molar-refractivity contribution in [2.24, 2.45) is 11.7 Å². The van der Waals surface area contributed by atoms with E-state index in [1.807, 2.05) is 0 Å². The number of nitrogens with zero attached hydrogens (tertiary/aromatic N) is 2. The van der Waals surface area contributed by atoms with E-state index in [4.69, 9.17) is 5.73 Å². The number of carbonyl (C=O) groups is 1. The zero-order valence-electron chi connectivity index (χ0n) is 12.1. The van der Waals surface area contributed by atoms with Crippen molar-refractivity contribution in [3.05, 3.63) is 0 Å². The molecule has 21 heavy (non-hydrogen) atoms. The van der Waals surface area contributed by atoms with Crippen LogP contribution in [0.15, 0.2) is 0 Å². The zero-order valence-corrected chi connectivity index (χ0v) is 13.7. The maximum absolute atomic E-state index is 12.4. The predicted molar refractivity (Wildman–Crippen MR) is 81.0 cm³/mol. The summed E-state index contributed by atoms with van der Waals surface area (Å²) >= 11 is 0. The molecule has 0 aromatic carbocycles. The van der Waals surface area contributed by atoms with Gasteiger partial charge in [0.1, 0.15) is 0 Å². The Labute approximate surface area is 136 Å². The van der Waals surface area contributed by atoms with Gasteiger partial charge < -0.3 is 10.6 Å². The summed E-state index contributed by atoms with van der Waals surface area (Å²) in [6.45, 7) is 3.10. The largest absolute Gasteiger partial charge is 0.401 e.